The minimum absolute atomic E-state index is 0.371. The first-order valence-electron chi connectivity index (χ1n) is 3.76. The van der Waals surface area contributed by atoms with Gasteiger partial charge in [-0.15, -0.1) is 0 Å². The lowest BCUT2D eigenvalue weighted by atomic mass is 10.4. The molecule has 0 aliphatic heterocycles. The minimum atomic E-state index is -0.397. The van der Waals surface area contributed by atoms with Gasteiger partial charge in [-0.05, 0) is 6.92 Å². The topological polar surface area (TPSA) is 61.5 Å². The molecule has 70 valence electrons. The monoisotopic (exact) mass is 173 g/mol. The second-order valence-electron chi connectivity index (χ2n) is 2.40. The third-order valence-corrected chi connectivity index (χ3v) is 1.08. The van der Waals surface area contributed by atoms with E-state index in [1.54, 1.807) is 14.0 Å². The highest BCUT2D eigenvalue weighted by Crippen LogP contribution is 1.88. The van der Waals surface area contributed by atoms with Gasteiger partial charge in [0, 0.05) is 31.9 Å². The van der Waals surface area contributed by atoms with Crippen LogP contribution in [0.4, 0.5) is 0 Å². The van der Waals surface area contributed by atoms with E-state index in [0.29, 0.717) is 25.3 Å². The lowest BCUT2D eigenvalue weighted by Gasteiger charge is -2.00. The van der Waals surface area contributed by atoms with Crippen LogP contribution in [0.25, 0.3) is 0 Å². The van der Waals surface area contributed by atoms with Crippen LogP contribution >= 0.6 is 0 Å². The van der Waals surface area contributed by atoms with Crippen molar-refractivity contribution in [3.8, 4) is 0 Å². The van der Waals surface area contributed by atoms with Crippen LogP contribution in [0.1, 0.15) is 13.3 Å². The van der Waals surface area contributed by atoms with Gasteiger partial charge in [-0.3, -0.25) is 0 Å². The Morgan fingerprint density at radius 3 is 2.67 bits per heavy atom. The predicted molar refractivity (Wildman–Crippen MR) is 45.4 cm³/mol. The van der Waals surface area contributed by atoms with Gasteiger partial charge >= 0.3 is 5.97 Å². The SMILES string of the molecule is COCCCOC(=O)C=C(C)N. The Morgan fingerprint density at radius 2 is 2.17 bits per heavy atom. The zero-order valence-corrected chi connectivity index (χ0v) is 7.50. The summed E-state index contributed by atoms with van der Waals surface area (Å²) in [5, 5.41) is 0. The lowest BCUT2D eigenvalue weighted by molar-refractivity contribution is -0.138. The number of ether oxygens (including phenoxy) is 2. The van der Waals surface area contributed by atoms with Gasteiger partial charge in [0.15, 0.2) is 0 Å². The summed E-state index contributed by atoms with van der Waals surface area (Å²) in [7, 11) is 1.60. The first-order valence-corrected chi connectivity index (χ1v) is 3.76. The fraction of sp³-hybridized carbons (Fsp3) is 0.625. The Hall–Kier alpha value is -1.03. The second kappa shape index (κ2) is 6.67. The van der Waals surface area contributed by atoms with E-state index in [2.05, 4.69) is 0 Å². The van der Waals surface area contributed by atoms with Gasteiger partial charge in [0.2, 0.25) is 0 Å². The highest BCUT2D eigenvalue weighted by atomic mass is 16.5. The van der Waals surface area contributed by atoms with Gasteiger partial charge in [-0.1, -0.05) is 0 Å². The van der Waals surface area contributed by atoms with E-state index < -0.39 is 5.97 Å². The largest absolute Gasteiger partial charge is 0.462 e. The molecule has 0 aromatic heterocycles. The van der Waals surface area contributed by atoms with Crippen LogP contribution in [-0.4, -0.2) is 26.3 Å². The summed E-state index contributed by atoms with van der Waals surface area (Å²) in [5.74, 6) is -0.397. The molecular formula is C8H15NO3. The molecule has 0 aliphatic rings. The lowest BCUT2D eigenvalue weighted by Crippen LogP contribution is -2.06. The standard InChI is InChI=1S/C8H15NO3/c1-7(9)6-8(10)12-5-3-4-11-2/h6H,3-5,9H2,1-2H3. The number of nitrogens with two attached hydrogens (primary N) is 1. The molecule has 0 rings (SSSR count). The van der Waals surface area contributed by atoms with Crippen molar-refractivity contribution in [3.05, 3.63) is 11.8 Å². The van der Waals surface area contributed by atoms with Crippen molar-refractivity contribution in [1.29, 1.82) is 0 Å². The quantitative estimate of drug-likeness (QED) is 0.372. The molecule has 0 spiro atoms. The average molecular weight is 173 g/mol. The molecule has 0 amide bonds. The molecule has 2 N–H and O–H groups in total. The van der Waals surface area contributed by atoms with Crippen LogP contribution in [-0.2, 0) is 14.3 Å². The molecule has 0 saturated carbocycles. The number of allylic oxidation sites excluding steroid dienone is 1. The molecule has 4 heteroatoms. The van der Waals surface area contributed by atoms with Crippen LogP contribution in [0.15, 0.2) is 11.8 Å². The summed E-state index contributed by atoms with van der Waals surface area (Å²) in [4.78, 5) is 10.8. The molecular weight excluding hydrogens is 158 g/mol. The molecule has 0 heterocycles. The molecule has 0 radical (unpaired) electrons. The smallest absolute Gasteiger partial charge is 0.332 e. The van der Waals surface area contributed by atoms with Gasteiger partial charge in [0.1, 0.15) is 0 Å². The molecule has 4 nitrogen and oxygen atoms in total. The number of hydrogen-bond donors (Lipinski definition) is 1. The van der Waals surface area contributed by atoms with Crippen LogP contribution in [0.2, 0.25) is 0 Å². The summed E-state index contributed by atoms with van der Waals surface area (Å²) in [6, 6.07) is 0. The maximum absolute atomic E-state index is 10.8. The number of carbonyl (C=O) groups excluding carboxylic acids is 1. The van der Waals surface area contributed by atoms with E-state index in [1.165, 1.54) is 6.08 Å². The summed E-state index contributed by atoms with van der Waals surface area (Å²) < 4.78 is 9.55. The molecule has 0 aromatic carbocycles. The van der Waals surface area contributed by atoms with Crippen molar-refractivity contribution in [2.24, 2.45) is 5.73 Å². The van der Waals surface area contributed by atoms with Crippen LogP contribution < -0.4 is 5.73 Å². The molecule has 0 unspecified atom stereocenters. The Morgan fingerprint density at radius 1 is 1.50 bits per heavy atom. The number of methoxy groups -OCH3 is 1. The van der Waals surface area contributed by atoms with E-state index in [1.807, 2.05) is 0 Å². The first-order chi connectivity index (χ1) is 5.66. The van der Waals surface area contributed by atoms with E-state index in [4.69, 9.17) is 15.2 Å². The average Bonchev–Trinajstić information content (AvgIpc) is 1.97. The molecule has 0 saturated heterocycles. The zero-order chi connectivity index (χ0) is 9.40. The minimum Gasteiger partial charge on any atom is -0.462 e. The van der Waals surface area contributed by atoms with Crippen LogP contribution in [0, 0.1) is 0 Å². The molecule has 0 atom stereocenters. The normalized spacial score (nSPS) is 11.3. The molecule has 0 aromatic rings. The maximum atomic E-state index is 10.8. The molecule has 0 fully saturated rings. The summed E-state index contributed by atoms with van der Waals surface area (Å²) in [5.41, 5.74) is 5.71. The third kappa shape index (κ3) is 7.08. The van der Waals surface area contributed by atoms with Crippen molar-refractivity contribution in [2.45, 2.75) is 13.3 Å². The molecule has 0 aliphatic carbocycles. The number of hydrogen-bond acceptors (Lipinski definition) is 4. The van der Waals surface area contributed by atoms with Gasteiger partial charge in [-0.2, -0.15) is 0 Å². The van der Waals surface area contributed by atoms with E-state index >= 15 is 0 Å². The summed E-state index contributed by atoms with van der Waals surface area (Å²) in [6.07, 6.45) is 1.96. The summed E-state index contributed by atoms with van der Waals surface area (Å²) >= 11 is 0. The Labute approximate surface area is 72.3 Å². The third-order valence-electron chi connectivity index (χ3n) is 1.08. The highest BCUT2D eigenvalue weighted by Gasteiger charge is 1.96. The van der Waals surface area contributed by atoms with Gasteiger partial charge in [0.25, 0.3) is 0 Å². The van der Waals surface area contributed by atoms with E-state index in [9.17, 15) is 4.79 Å². The fourth-order valence-corrected chi connectivity index (χ4v) is 0.604. The first kappa shape index (κ1) is 11.0. The van der Waals surface area contributed by atoms with Crippen LogP contribution in [0.3, 0.4) is 0 Å². The van der Waals surface area contributed by atoms with Crippen molar-refractivity contribution in [2.75, 3.05) is 20.3 Å². The van der Waals surface area contributed by atoms with Crippen molar-refractivity contribution < 1.29 is 14.3 Å². The van der Waals surface area contributed by atoms with E-state index in [-0.39, 0.29) is 0 Å². The Kier molecular flexibility index (Phi) is 6.09. The van der Waals surface area contributed by atoms with E-state index in [0.717, 1.165) is 0 Å². The van der Waals surface area contributed by atoms with Crippen LogP contribution in [0.5, 0.6) is 0 Å². The fourth-order valence-electron chi connectivity index (χ4n) is 0.604. The number of rotatable bonds is 5. The summed E-state index contributed by atoms with van der Waals surface area (Å²) in [6.45, 7) is 2.60. The Bertz CT molecular complexity index is 162. The van der Waals surface area contributed by atoms with Gasteiger partial charge in [-0.25, -0.2) is 4.79 Å². The second-order valence-corrected chi connectivity index (χ2v) is 2.40. The molecule has 12 heavy (non-hydrogen) atoms. The Balaban J connectivity index is 3.39. The number of esters is 1. The highest BCUT2D eigenvalue weighted by molar-refractivity contribution is 5.82. The number of carbonyl (C=O) groups is 1. The van der Waals surface area contributed by atoms with Gasteiger partial charge < -0.3 is 15.2 Å². The van der Waals surface area contributed by atoms with Crippen molar-refractivity contribution in [3.63, 3.8) is 0 Å². The molecule has 0 bridgehead atoms. The maximum Gasteiger partial charge on any atom is 0.332 e. The predicted octanol–water partition coefficient (Wildman–Crippen LogP) is 0.429. The van der Waals surface area contributed by atoms with Gasteiger partial charge in [0.05, 0.1) is 6.61 Å². The van der Waals surface area contributed by atoms with Crippen molar-refractivity contribution >= 4 is 5.97 Å². The van der Waals surface area contributed by atoms with Crippen molar-refractivity contribution in [1.82, 2.24) is 0 Å². The zero-order valence-electron chi connectivity index (χ0n) is 7.50.